The second-order valence-electron chi connectivity index (χ2n) is 24.6. The molecule has 2 spiro atoms. The molecule has 3 nitrogen and oxygen atoms in total. The van der Waals surface area contributed by atoms with Gasteiger partial charge in [-0.25, -0.2) is 0 Å². The third kappa shape index (κ3) is 6.89. The smallest absolute Gasteiger partial charge is 0.143 e. The first-order chi connectivity index (χ1) is 41.6. The quantitative estimate of drug-likeness (QED) is 0.166. The van der Waals surface area contributed by atoms with Crippen LogP contribution in [0.5, 0.6) is 11.5 Å². The number of fused-ring (bicyclic) bond motifs is 21. The zero-order valence-electron chi connectivity index (χ0n) is 46.9. The number of furan rings is 1. The van der Waals surface area contributed by atoms with E-state index in [1.54, 1.807) is 0 Å². The molecule has 4 heteroatoms. The minimum absolute atomic E-state index is 0.526. The van der Waals surface area contributed by atoms with Crippen LogP contribution >= 0.6 is 11.8 Å². The minimum atomic E-state index is -0.665. The monoisotopic (exact) mass is 1100 g/mol. The lowest BCUT2D eigenvalue weighted by Crippen LogP contribution is -2.33. The van der Waals surface area contributed by atoms with Crippen molar-refractivity contribution in [3.8, 4) is 44.9 Å². The summed E-state index contributed by atoms with van der Waals surface area (Å²) >= 11 is 1.90. The lowest BCUT2D eigenvalue weighted by molar-refractivity contribution is 0.424. The minimum Gasteiger partial charge on any atom is -0.457 e. The second kappa shape index (κ2) is 18.8. The molecule has 4 aliphatic carbocycles. The van der Waals surface area contributed by atoms with Crippen LogP contribution in [0.1, 0.15) is 132 Å². The Balaban J connectivity index is 0.927. The van der Waals surface area contributed by atoms with Crippen LogP contribution in [0, 0.1) is 0 Å². The Hall–Kier alpha value is -8.83. The average molecular weight is 1100 g/mol. The van der Waals surface area contributed by atoms with Crippen molar-refractivity contribution in [1.29, 1.82) is 0 Å². The molecule has 2 fully saturated rings. The Morgan fingerprint density at radius 3 is 1.40 bits per heavy atom. The number of ether oxygens (including phenoxy) is 1. The molecule has 1 aromatic heterocycles. The fraction of sp³-hybridized carbons (Fsp3) is 0.175. The van der Waals surface area contributed by atoms with Gasteiger partial charge in [0, 0.05) is 54.2 Å². The largest absolute Gasteiger partial charge is 0.457 e. The molecule has 0 bridgehead atoms. The molecule has 0 radical (unpaired) electrons. The normalized spacial score (nSPS) is 16.7. The molecular weight excluding hydrogens is 1040 g/mol. The zero-order chi connectivity index (χ0) is 55.1. The van der Waals surface area contributed by atoms with E-state index < -0.39 is 10.8 Å². The molecule has 0 amide bonds. The molecule has 0 atom stereocenters. The van der Waals surface area contributed by atoms with Gasteiger partial charge in [-0.2, -0.15) is 0 Å². The highest BCUT2D eigenvalue weighted by atomic mass is 32.2. The van der Waals surface area contributed by atoms with Crippen LogP contribution in [0.15, 0.2) is 251 Å². The van der Waals surface area contributed by atoms with Gasteiger partial charge in [0.1, 0.15) is 22.7 Å². The first-order valence-corrected chi connectivity index (χ1v) is 31.6. The Morgan fingerprint density at radius 1 is 0.345 bits per heavy atom. The average Bonchev–Trinajstić information content (AvgIpc) is 1.53. The summed E-state index contributed by atoms with van der Waals surface area (Å²) < 4.78 is 14.2. The molecule has 3 heterocycles. The van der Waals surface area contributed by atoms with Crippen LogP contribution in [0.2, 0.25) is 0 Å². The van der Waals surface area contributed by atoms with Gasteiger partial charge < -0.3 is 14.1 Å². The van der Waals surface area contributed by atoms with Gasteiger partial charge in [-0.3, -0.25) is 0 Å². The Labute approximate surface area is 495 Å². The van der Waals surface area contributed by atoms with Gasteiger partial charge in [-0.1, -0.05) is 226 Å². The number of nitrogens with zero attached hydrogens (tertiary/aromatic N) is 1. The van der Waals surface area contributed by atoms with Gasteiger partial charge >= 0.3 is 0 Å². The summed E-state index contributed by atoms with van der Waals surface area (Å²) in [5.74, 6) is 2.96. The van der Waals surface area contributed by atoms with Gasteiger partial charge in [0.05, 0.1) is 16.5 Å². The number of hydrogen-bond donors (Lipinski definition) is 0. The van der Waals surface area contributed by atoms with Gasteiger partial charge in [0.25, 0.3) is 0 Å². The molecule has 18 rings (SSSR count). The number of rotatable bonds is 6. The maximum atomic E-state index is 7.27. The van der Waals surface area contributed by atoms with Crippen LogP contribution in [0.3, 0.4) is 0 Å². The van der Waals surface area contributed by atoms with Crippen LogP contribution in [-0.2, 0) is 10.8 Å². The number of anilines is 3. The molecule has 404 valence electrons. The van der Waals surface area contributed by atoms with Crippen molar-refractivity contribution in [2.45, 2.75) is 96.7 Å². The highest BCUT2D eigenvalue weighted by Crippen LogP contribution is 2.66. The highest BCUT2D eigenvalue weighted by molar-refractivity contribution is 7.99. The molecular formula is C80H61NO2S. The molecule has 2 saturated carbocycles. The van der Waals surface area contributed by atoms with Gasteiger partial charge in [-0.15, -0.1) is 0 Å². The van der Waals surface area contributed by atoms with E-state index >= 15 is 0 Å². The Bertz CT molecular complexity index is 4570. The van der Waals surface area contributed by atoms with Crippen molar-refractivity contribution in [3.63, 3.8) is 0 Å². The first kappa shape index (κ1) is 48.7. The number of benzene rings is 11. The van der Waals surface area contributed by atoms with E-state index in [1.807, 2.05) is 11.8 Å². The van der Waals surface area contributed by atoms with Crippen molar-refractivity contribution in [1.82, 2.24) is 0 Å². The summed E-state index contributed by atoms with van der Waals surface area (Å²) in [5.41, 5.74) is 24.4. The lowest BCUT2D eigenvalue weighted by atomic mass is 9.64. The molecule has 6 aliphatic rings. The number of hydrogen-bond acceptors (Lipinski definition) is 4. The van der Waals surface area contributed by atoms with E-state index in [2.05, 4.69) is 241 Å². The SMILES string of the molecule is c1ccc2c(c1)Sc1ccccc1C21c2ccccc2-c2ccc(N(c3ccc4c(c3)C3(c5cc(C6CCCCC6)ccc5Oc5ccc(C6CCCCC6)cc53)c3ccccc3-4)c3ccccc3-c3cccc4c3oc3ccccc34)cc21. The first-order valence-electron chi connectivity index (χ1n) is 30.8. The summed E-state index contributed by atoms with van der Waals surface area (Å²) in [6, 6.07) is 90.4. The molecule has 0 saturated heterocycles. The third-order valence-electron chi connectivity index (χ3n) is 20.4. The Kier molecular flexibility index (Phi) is 10.9. The summed E-state index contributed by atoms with van der Waals surface area (Å²) in [4.78, 5) is 5.17. The fourth-order valence-corrected chi connectivity index (χ4v) is 17.9. The highest BCUT2D eigenvalue weighted by Gasteiger charge is 2.53. The van der Waals surface area contributed by atoms with Crippen LogP contribution in [0.25, 0.3) is 55.3 Å². The van der Waals surface area contributed by atoms with E-state index in [0.29, 0.717) is 11.8 Å². The molecule has 0 unspecified atom stereocenters. The molecule has 2 aliphatic heterocycles. The lowest BCUT2D eigenvalue weighted by Gasteiger charge is -2.41. The molecule has 0 N–H and O–H groups in total. The summed E-state index contributed by atoms with van der Waals surface area (Å²) in [6.45, 7) is 0. The van der Waals surface area contributed by atoms with E-state index in [9.17, 15) is 0 Å². The predicted octanol–water partition coefficient (Wildman–Crippen LogP) is 22.1. The van der Waals surface area contributed by atoms with E-state index in [0.717, 1.165) is 61.6 Å². The Morgan fingerprint density at radius 2 is 0.810 bits per heavy atom. The predicted molar refractivity (Wildman–Crippen MR) is 344 cm³/mol. The third-order valence-corrected chi connectivity index (χ3v) is 21.6. The van der Waals surface area contributed by atoms with E-state index in [4.69, 9.17) is 9.15 Å². The molecule has 12 aromatic rings. The maximum Gasteiger partial charge on any atom is 0.143 e. The summed E-state index contributed by atoms with van der Waals surface area (Å²) in [7, 11) is 0. The van der Waals surface area contributed by atoms with Crippen molar-refractivity contribution in [2.75, 3.05) is 4.90 Å². The van der Waals surface area contributed by atoms with E-state index in [1.165, 1.54) is 152 Å². The van der Waals surface area contributed by atoms with Crippen molar-refractivity contribution in [3.05, 3.63) is 292 Å². The maximum absolute atomic E-state index is 7.27. The topological polar surface area (TPSA) is 25.6 Å². The zero-order valence-corrected chi connectivity index (χ0v) is 47.7. The van der Waals surface area contributed by atoms with Crippen molar-refractivity contribution in [2.24, 2.45) is 0 Å². The summed E-state index contributed by atoms with van der Waals surface area (Å²) in [5, 5.41) is 2.24. The van der Waals surface area contributed by atoms with Gasteiger partial charge in [0.2, 0.25) is 0 Å². The van der Waals surface area contributed by atoms with Gasteiger partial charge in [0.15, 0.2) is 0 Å². The van der Waals surface area contributed by atoms with Gasteiger partial charge in [-0.05, 0) is 165 Å². The van der Waals surface area contributed by atoms with Crippen LogP contribution in [0.4, 0.5) is 17.1 Å². The second-order valence-corrected chi connectivity index (χ2v) is 25.6. The van der Waals surface area contributed by atoms with Crippen molar-refractivity contribution < 1.29 is 9.15 Å². The van der Waals surface area contributed by atoms with Crippen LogP contribution < -0.4 is 9.64 Å². The standard InChI is InChI=1S/C80H61NO2S/c1-3-20-50(21-4-1)52-38-44-74-70(46-52)80(71-47-53(39-45-75(71)82-74)51-22-5-2-6-23-51)65-31-12-8-25-57(65)59-43-41-55(49-69(59)80)81(72-34-15-9-26-60(72)62-28-19-29-63-61-27-10-16-35-73(61)83-78(62)63)54-40-42-58-56-24-7-11-30-64(56)79(68(58)48-54)66-32-13-17-36-76(66)84-77-37-18-14-33-67(77)79/h7-19,24-51H,1-6,20-23H2. The van der Waals surface area contributed by atoms with Crippen LogP contribution in [-0.4, -0.2) is 0 Å². The number of para-hydroxylation sites is 3. The van der Waals surface area contributed by atoms with Crippen molar-refractivity contribution >= 4 is 50.8 Å². The molecule has 84 heavy (non-hydrogen) atoms. The molecule has 11 aromatic carbocycles. The fourth-order valence-electron chi connectivity index (χ4n) is 16.8. The van der Waals surface area contributed by atoms with E-state index in [-0.39, 0.29) is 0 Å². The summed E-state index contributed by atoms with van der Waals surface area (Å²) in [6.07, 6.45) is 12.7.